The van der Waals surface area contributed by atoms with E-state index in [4.69, 9.17) is 5.73 Å². The first kappa shape index (κ1) is 18.5. The van der Waals surface area contributed by atoms with E-state index in [0.29, 0.717) is 11.7 Å². The van der Waals surface area contributed by atoms with Gasteiger partial charge < -0.3 is 20.7 Å². The van der Waals surface area contributed by atoms with E-state index in [1.165, 1.54) is 18.0 Å². The summed E-state index contributed by atoms with van der Waals surface area (Å²) >= 11 is 0. The standard InChI is InChI=1S/C22H21N5O2/c23-21(29)16-13-24-22(25-14-16)26-19-4-1-5-20-18(19)10-12-27(20)11-2-3-15-6-8-17(28)9-7-15/h1,4-10,12-14,28H,2-3,11H2,(H2,23,29)(H,24,25,26). The van der Waals surface area contributed by atoms with Crippen LogP contribution in [-0.2, 0) is 13.0 Å². The van der Waals surface area contributed by atoms with Gasteiger partial charge in [0.1, 0.15) is 5.75 Å². The van der Waals surface area contributed by atoms with Gasteiger partial charge in [0.25, 0.3) is 5.91 Å². The fourth-order valence-corrected chi connectivity index (χ4v) is 3.28. The molecule has 0 atom stereocenters. The van der Waals surface area contributed by atoms with Crippen molar-refractivity contribution in [3.05, 3.63) is 78.2 Å². The minimum Gasteiger partial charge on any atom is -0.508 e. The number of anilines is 2. The minimum absolute atomic E-state index is 0.272. The lowest BCUT2D eigenvalue weighted by atomic mass is 10.1. The van der Waals surface area contributed by atoms with E-state index in [0.717, 1.165) is 36.0 Å². The quantitative estimate of drug-likeness (QED) is 0.449. The van der Waals surface area contributed by atoms with E-state index in [-0.39, 0.29) is 5.56 Å². The van der Waals surface area contributed by atoms with E-state index >= 15 is 0 Å². The molecule has 29 heavy (non-hydrogen) atoms. The molecular weight excluding hydrogens is 366 g/mol. The average molecular weight is 387 g/mol. The first-order valence-electron chi connectivity index (χ1n) is 9.35. The fourth-order valence-electron chi connectivity index (χ4n) is 3.28. The first-order valence-corrected chi connectivity index (χ1v) is 9.35. The molecule has 1 amide bonds. The van der Waals surface area contributed by atoms with Crippen LogP contribution >= 0.6 is 0 Å². The smallest absolute Gasteiger partial charge is 0.251 e. The number of hydrogen-bond donors (Lipinski definition) is 3. The summed E-state index contributed by atoms with van der Waals surface area (Å²) in [4.78, 5) is 19.4. The number of fused-ring (bicyclic) bond motifs is 1. The summed E-state index contributed by atoms with van der Waals surface area (Å²) in [6, 6.07) is 15.4. The molecule has 0 aliphatic carbocycles. The van der Waals surface area contributed by atoms with Gasteiger partial charge in [0.15, 0.2) is 0 Å². The summed E-state index contributed by atoms with van der Waals surface area (Å²) < 4.78 is 2.22. The molecule has 4 N–H and O–H groups in total. The van der Waals surface area contributed by atoms with Crippen LogP contribution in [-0.4, -0.2) is 25.5 Å². The van der Waals surface area contributed by atoms with Crippen LogP contribution in [0.25, 0.3) is 10.9 Å². The summed E-state index contributed by atoms with van der Waals surface area (Å²) in [5, 5.41) is 13.7. The van der Waals surface area contributed by atoms with Crippen LogP contribution in [0.2, 0.25) is 0 Å². The molecule has 0 unspecified atom stereocenters. The predicted molar refractivity (Wildman–Crippen MR) is 112 cm³/mol. The molecule has 0 fully saturated rings. The molecule has 2 aromatic carbocycles. The Kier molecular flexibility index (Phi) is 5.11. The number of primary amides is 1. The SMILES string of the molecule is NC(=O)c1cnc(Nc2cccc3c2ccn3CCCc2ccc(O)cc2)nc1. The lowest BCUT2D eigenvalue weighted by Gasteiger charge is -2.09. The molecule has 146 valence electrons. The Morgan fingerprint density at radius 3 is 2.55 bits per heavy atom. The van der Waals surface area contributed by atoms with Crippen molar-refractivity contribution in [1.29, 1.82) is 0 Å². The number of hydrogen-bond acceptors (Lipinski definition) is 5. The van der Waals surface area contributed by atoms with Crippen LogP contribution in [0.3, 0.4) is 0 Å². The normalized spacial score (nSPS) is 10.9. The number of nitrogens with two attached hydrogens (primary N) is 1. The third kappa shape index (κ3) is 4.19. The number of nitrogens with one attached hydrogen (secondary N) is 1. The van der Waals surface area contributed by atoms with Crippen molar-refractivity contribution in [2.24, 2.45) is 5.73 Å². The molecule has 0 radical (unpaired) electrons. The average Bonchev–Trinajstić information content (AvgIpc) is 3.14. The van der Waals surface area contributed by atoms with Gasteiger partial charge in [-0.05, 0) is 48.7 Å². The second-order valence-corrected chi connectivity index (χ2v) is 6.80. The maximum absolute atomic E-state index is 11.1. The number of nitrogens with zero attached hydrogens (tertiary/aromatic N) is 3. The molecule has 0 bridgehead atoms. The number of aromatic hydroxyl groups is 1. The number of benzene rings is 2. The van der Waals surface area contributed by atoms with Crippen molar-refractivity contribution in [3.8, 4) is 5.75 Å². The minimum atomic E-state index is -0.553. The third-order valence-electron chi connectivity index (χ3n) is 4.80. The predicted octanol–water partition coefficient (Wildman–Crippen LogP) is 3.61. The Morgan fingerprint density at radius 2 is 1.83 bits per heavy atom. The highest BCUT2D eigenvalue weighted by Gasteiger charge is 2.08. The first-order chi connectivity index (χ1) is 14.1. The summed E-state index contributed by atoms with van der Waals surface area (Å²) in [7, 11) is 0. The van der Waals surface area contributed by atoms with Crippen molar-refractivity contribution in [2.75, 3.05) is 5.32 Å². The molecule has 2 aromatic heterocycles. The van der Waals surface area contributed by atoms with Crippen LogP contribution < -0.4 is 11.1 Å². The topological polar surface area (TPSA) is 106 Å². The van der Waals surface area contributed by atoms with Crippen LogP contribution in [0.15, 0.2) is 67.1 Å². The highest BCUT2D eigenvalue weighted by Crippen LogP contribution is 2.26. The Hall–Kier alpha value is -3.87. The number of carbonyl (C=O) groups is 1. The van der Waals surface area contributed by atoms with Crippen LogP contribution in [0.5, 0.6) is 5.75 Å². The third-order valence-corrected chi connectivity index (χ3v) is 4.80. The molecule has 0 aliphatic heterocycles. The van der Waals surface area contributed by atoms with Gasteiger partial charge in [-0.1, -0.05) is 18.2 Å². The number of aryl methyl sites for hydroxylation is 2. The number of aromatic nitrogens is 3. The lowest BCUT2D eigenvalue weighted by Crippen LogP contribution is -2.12. The molecular formula is C22H21N5O2. The van der Waals surface area contributed by atoms with Gasteiger partial charge in [0.2, 0.25) is 5.95 Å². The van der Waals surface area contributed by atoms with Crippen molar-refractivity contribution in [2.45, 2.75) is 19.4 Å². The second kappa shape index (κ2) is 8.02. The zero-order valence-electron chi connectivity index (χ0n) is 15.7. The number of phenols is 1. The van der Waals surface area contributed by atoms with Gasteiger partial charge in [-0.2, -0.15) is 0 Å². The number of phenolic OH excluding ortho intramolecular Hbond substituents is 1. The summed E-state index contributed by atoms with van der Waals surface area (Å²) in [6.07, 6.45) is 6.82. The molecule has 7 heteroatoms. The second-order valence-electron chi connectivity index (χ2n) is 6.80. The highest BCUT2D eigenvalue weighted by atomic mass is 16.3. The van der Waals surface area contributed by atoms with E-state index < -0.39 is 5.91 Å². The summed E-state index contributed by atoms with van der Waals surface area (Å²) in [6.45, 7) is 0.887. The molecule has 0 spiro atoms. The molecule has 4 aromatic rings. The number of carbonyl (C=O) groups excluding carboxylic acids is 1. The summed E-state index contributed by atoms with van der Waals surface area (Å²) in [5.41, 5.74) is 8.72. The van der Waals surface area contributed by atoms with E-state index in [1.807, 2.05) is 24.3 Å². The molecule has 0 saturated carbocycles. The van der Waals surface area contributed by atoms with Crippen LogP contribution in [0.4, 0.5) is 11.6 Å². The Morgan fingerprint density at radius 1 is 1.07 bits per heavy atom. The van der Waals surface area contributed by atoms with Crippen LogP contribution in [0.1, 0.15) is 22.3 Å². The Bertz CT molecular complexity index is 1130. The van der Waals surface area contributed by atoms with Crippen molar-refractivity contribution in [1.82, 2.24) is 14.5 Å². The number of rotatable bonds is 7. The van der Waals surface area contributed by atoms with Gasteiger partial charge in [-0.3, -0.25) is 4.79 Å². The molecule has 2 heterocycles. The molecule has 7 nitrogen and oxygen atoms in total. The lowest BCUT2D eigenvalue weighted by molar-refractivity contribution is 0.0999. The largest absolute Gasteiger partial charge is 0.508 e. The van der Waals surface area contributed by atoms with Gasteiger partial charge in [-0.15, -0.1) is 0 Å². The van der Waals surface area contributed by atoms with Gasteiger partial charge >= 0.3 is 0 Å². The van der Waals surface area contributed by atoms with E-state index in [9.17, 15) is 9.90 Å². The maximum atomic E-state index is 11.1. The van der Waals surface area contributed by atoms with Gasteiger partial charge in [0, 0.05) is 30.5 Å². The van der Waals surface area contributed by atoms with Crippen molar-refractivity contribution < 1.29 is 9.90 Å². The van der Waals surface area contributed by atoms with Crippen LogP contribution in [0, 0.1) is 0 Å². The maximum Gasteiger partial charge on any atom is 0.251 e. The number of amides is 1. The molecule has 4 rings (SSSR count). The monoisotopic (exact) mass is 387 g/mol. The summed E-state index contributed by atoms with van der Waals surface area (Å²) in [5.74, 6) is 0.143. The highest BCUT2D eigenvalue weighted by molar-refractivity contribution is 5.94. The Labute approximate surface area is 167 Å². The van der Waals surface area contributed by atoms with Crippen molar-refractivity contribution in [3.63, 3.8) is 0 Å². The van der Waals surface area contributed by atoms with Gasteiger partial charge in [-0.25, -0.2) is 9.97 Å². The van der Waals surface area contributed by atoms with Gasteiger partial charge in [0.05, 0.1) is 16.8 Å². The van der Waals surface area contributed by atoms with E-state index in [1.54, 1.807) is 12.1 Å². The molecule has 0 saturated heterocycles. The van der Waals surface area contributed by atoms with Crippen molar-refractivity contribution >= 4 is 28.4 Å². The molecule has 0 aliphatic rings. The Balaban J connectivity index is 1.47. The van der Waals surface area contributed by atoms with E-state index in [2.05, 4.69) is 38.2 Å². The zero-order chi connectivity index (χ0) is 20.2. The zero-order valence-corrected chi connectivity index (χ0v) is 15.7. The fraction of sp³-hybridized carbons (Fsp3) is 0.136.